The Morgan fingerprint density at radius 3 is 2.67 bits per heavy atom. The van der Waals surface area contributed by atoms with Crippen molar-refractivity contribution in [3.8, 4) is 0 Å². The zero-order valence-corrected chi connectivity index (χ0v) is 17.9. The normalized spacial score (nSPS) is 14.4. The number of nitrogens with one attached hydrogen (secondary N) is 1. The maximum Gasteiger partial charge on any atom is 0.225 e. The molecule has 27 heavy (non-hydrogen) atoms. The minimum atomic E-state index is -0.416. The molecule has 2 aromatic rings. The Kier molecular flexibility index (Phi) is 6.05. The molecule has 1 saturated carbocycles. The largest absolute Gasteiger partial charge is 0.351 e. The van der Waals surface area contributed by atoms with Crippen LogP contribution in [0.3, 0.4) is 0 Å². The monoisotopic (exact) mass is 406 g/mol. The van der Waals surface area contributed by atoms with Crippen LogP contribution in [-0.2, 0) is 17.9 Å². The Morgan fingerprint density at radius 1 is 1.30 bits per heavy atom. The molecule has 0 bridgehead atoms. The number of amides is 1. The molecule has 0 radical (unpaired) electrons. The number of hydrogen-bond acceptors (Lipinski definition) is 6. The van der Waals surface area contributed by atoms with Gasteiger partial charge in [-0.25, -0.2) is 0 Å². The van der Waals surface area contributed by atoms with Gasteiger partial charge in [-0.05, 0) is 31.9 Å². The summed E-state index contributed by atoms with van der Waals surface area (Å²) in [4.78, 5) is 26.2. The van der Waals surface area contributed by atoms with Gasteiger partial charge in [-0.2, -0.15) is 0 Å². The molecule has 1 aliphatic rings. The second-order valence-electron chi connectivity index (χ2n) is 7.77. The van der Waals surface area contributed by atoms with Crippen molar-refractivity contribution in [2.75, 3.05) is 5.75 Å². The van der Waals surface area contributed by atoms with Crippen molar-refractivity contribution in [1.82, 2.24) is 20.1 Å². The van der Waals surface area contributed by atoms with Crippen LogP contribution in [-0.4, -0.2) is 32.2 Å². The van der Waals surface area contributed by atoms with Crippen LogP contribution in [0.4, 0.5) is 0 Å². The van der Waals surface area contributed by atoms with Gasteiger partial charge in [0.1, 0.15) is 5.82 Å². The van der Waals surface area contributed by atoms with E-state index in [4.69, 9.17) is 0 Å². The van der Waals surface area contributed by atoms with E-state index < -0.39 is 5.41 Å². The van der Waals surface area contributed by atoms with Crippen LogP contribution in [0.1, 0.15) is 66.8 Å². The molecule has 146 valence electrons. The molecular formula is C19H26N4O2S2. The molecule has 2 heterocycles. The smallest absolute Gasteiger partial charge is 0.225 e. The first kappa shape index (κ1) is 20.1. The predicted molar refractivity (Wildman–Crippen MR) is 108 cm³/mol. The van der Waals surface area contributed by atoms with Gasteiger partial charge in [-0.15, -0.1) is 21.5 Å². The number of thiophene rings is 1. The number of rotatable bonds is 8. The van der Waals surface area contributed by atoms with Gasteiger partial charge in [0, 0.05) is 22.8 Å². The molecule has 1 fully saturated rings. The van der Waals surface area contributed by atoms with Crippen LogP contribution in [0, 0.1) is 5.41 Å². The maximum absolute atomic E-state index is 12.5. The topological polar surface area (TPSA) is 76.9 Å². The number of carbonyl (C=O) groups is 2. The molecule has 0 unspecified atom stereocenters. The van der Waals surface area contributed by atoms with E-state index in [-0.39, 0.29) is 11.7 Å². The summed E-state index contributed by atoms with van der Waals surface area (Å²) < 4.78 is 2.12. The molecule has 0 aliphatic heterocycles. The Bertz CT molecular complexity index is 831. The number of hydrogen-bond donors (Lipinski definition) is 1. The number of nitrogens with zero attached hydrogens (tertiary/aromatic N) is 3. The fourth-order valence-corrected chi connectivity index (χ4v) is 4.47. The standard InChI is InChI=1S/C19H26N4O2S2/c1-5-23-16(12-6-7-12)21-22-18(23)26-11-14(24)15-9-8-13(27-15)10-20-17(25)19(2,3)4/h8-9,12H,5-7,10-11H2,1-4H3,(H,20,25). The Balaban J connectivity index is 1.55. The van der Waals surface area contributed by atoms with Crippen LogP contribution in [0.25, 0.3) is 0 Å². The summed E-state index contributed by atoms with van der Waals surface area (Å²) in [7, 11) is 0. The Hall–Kier alpha value is -1.67. The Labute approximate surface area is 168 Å². The lowest BCUT2D eigenvalue weighted by Gasteiger charge is -2.17. The number of Topliss-reactive ketones (excluding diaryl/α,β-unsaturated/α-hetero) is 1. The van der Waals surface area contributed by atoms with Crippen LogP contribution in [0.15, 0.2) is 17.3 Å². The zero-order valence-electron chi connectivity index (χ0n) is 16.2. The average molecular weight is 407 g/mol. The minimum absolute atomic E-state index is 0.00435. The van der Waals surface area contributed by atoms with Gasteiger partial charge in [0.05, 0.1) is 17.2 Å². The van der Waals surface area contributed by atoms with Gasteiger partial charge in [0.2, 0.25) is 5.91 Å². The summed E-state index contributed by atoms with van der Waals surface area (Å²) in [6.45, 7) is 9.01. The zero-order chi connectivity index (χ0) is 19.6. The predicted octanol–water partition coefficient (Wildman–Crippen LogP) is 3.87. The van der Waals surface area contributed by atoms with E-state index in [1.165, 1.54) is 35.9 Å². The first-order valence-corrected chi connectivity index (χ1v) is 11.1. The number of aromatic nitrogens is 3. The molecule has 8 heteroatoms. The highest BCUT2D eigenvalue weighted by molar-refractivity contribution is 7.99. The number of thioether (sulfide) groups is 1. The van der Waals surface area contributed by atoms with E-state index in [1.54, 1.807) is 0 Å². The van der Waals surface area contributed by atoms with E-state index in [9.17, 15) is 9.59 Å². The molecule has 1 amide bonds. The molecule has 0 aromatic carbocycles. The van der Waals surface area contributed by atoms with E-state index in [0.29, 0.717) is 23.1 Å². The lowest BCUT2D eigenvalue weighted by molar-refractivity contribution is -0.128. The molecule has 0 atom stereocenters. The van der Waals surface area contributed by atoms with Crippen LogP contribution in [0.2, 0.25) is 0 Å². The van der Waals surface area contributed by atoms with Crippen LogP contribution in [0.5, 0.6) is 0 Å². The van der Waals surface area contributed by atoms with Gasteiger partial charge in [-0.3, -0.25) is 9.59 Å². The van der Waals surface area contributed by atoms with E-state index >= 15 is 0 Å². The lowest BCUT2D eigenvalue weighted by atomic mass is 9.96. The molecule has 2 aromatic heterocycles. The van der Waals surface area contributed by atoms with Gasteiger partial charge in [-0.1, -0.05) is 32.5 Å². The first-order chi connectivity index (χ1) is 12.8. The van der Waals surface area contributed by atoms with E-state index in [1.807, 2.05) is 32.9 Å². The summed E-state index contributed by atoms with van der Waals surface area (Å²) in [5, 5.41) is 12.3. The molecule has 1 N–H and O–H groups in total. The molecule has 6 nitrogen and oxygen atoms in total. The van der Waals surface area contributed by atoms with Crippen molar-refractivity contribution in [2.45, 2.75) is 64.7 Å². The molecule has 0 spiro atoms. The fraction of sp³-hybridized carbons (Fsp3) is 0.579. The average Bonchev–Trinajstić information content (AvgIpc) is 3.20. The van der Waals surface area contributed by atoms with E-state index in [0.717, 1.165) is 22.4 Å². The molecule has 1 aliphatic carbocycles. The van der Waals surface area contributed by atoms with Gasteiger partial charge >= 0.3 is 0 Å². The van der Waals surface area contributed by atoms with Crippen molar-refractivity contribution >= 4 is 34.8 Å². The van der Waals surface area contributed by atoms with Gasteiger partial charge in [0.25, 0.3) is 0 Å². The van der Waals surface area contributed by atoms with Crippen LogP contribution < -0.4 is 5.32 Å². The Morgan fingerprint density at radius 2 is 2.04 bits per heavy atom. The third-order valence-corrected chi connectivity index (χ3v) is 6.47. The highest BCUT2D eigenvalue weighted by Gasteiger charge is 2.30. The molecule has 0 saturated heterocycles. The maximum atomic E-state index is 12.5. The second-order valence-corrected chi connectivity index (χ2v) is 9.88. The quantitative estimate of drug-likeness (QED) is 0.532. The molecular weight excluding hydrogens is 380 g/mol. The van der Waals surface area contributed by atoms with Crippen molar-refractivity contribution in [3.05, 3.63) is 27.7 Å². The fourth-order valence-electron chi connectivity index (χ4n) is 2.60. The second kappa shape index (κ2) is 8.14. The lowest BCUT2D eigenvalue weighted by Crippen LogP contribution is -2.34. The van der Waals surface area contributed by atoms with Crippen molar-refractivity contribution in [3.63, 3.8) is 0 Å². The van der Waals surface area contributed by atoms with Crippen LogP contribution >= 0.6 is 23.1 Å². The third-order valence-electron chi connectivity index (χ3n) is 4.38. The number of carbonyl (C=O) groups excluding carboxylic acids is 2. The minimum Gasteiger partial charge on any atom is -0.351 e. The SMILES string of the molecule is CCn1c(SCC(=O)c2ccc(CNC(=O)C(C)(C)C)s2)nnc1C1CC1. The highest BCUT2D eigenvalue weighted by atomic mass is 32.2. The summed E-state index contributed by atoms with van der Waals surface area (Å²) in [5.74, 6) is 2.03. The van der Waals surface area contributed by atoms with Gasteiger partial charge in [0.15, 0.2) is 10.9 Å². The number of ketones is 1. The first-order valence-electron chi connectivity index (χ1n) is 9.25. The van der Waals surface area contributed by atoms with Crippen molar-refractivity contribution in [1.29, 1.82) is 0 Å². The van der Waals surface area contributed by atoms with Gasteiger partial charge < -0.3 is 9.88 Å². The molecule has 3 rings (SSSR count). The van der Waals surface area contributed by atoms with Crippen molar-refractivity contribution in [2.24, 2.45) is 5.41 Å². The third kappa shape index (κ3) is 4.99. The highest BCUT2D eigenvalue weighted by Crippen LogP contribution is 2.40. The summed E-state index contributed by atoms with van der Waals surface area (Å²) >= 11 is 2.89. The van der Waals surface area contributed by atoms with E-state index in [2.05, 4.69) is 27.0 Å². The van der Waals surface area contributed by atoms with Crippen molar-refractivity contribution < 1.29 is 9.59 Å². The summed E-state index contributed by atoms with van der Waals surface area (Å²) in [6, 6.07) is 3.75. The summed E-state index contributed by atoms with van der Waals surface area (Å²) in [6.07, 6.45) is 2.37. The summed E-state index contributed by atoms with van der Waals surface area (Å²) in [5.41, 5.74) is -0.416.